The van der Waals surface area contributed by atoms with E-state index in [0.29, 0.717) is 13.1 Å². The van der Waals surface area contributed by atoms with Gasteiger partial charge in [-0.15, -0.1) is 0 Å². The van der Waals surface area contributed by atoms with Crippen molar-refractivity contribution in [2.75, 3.05) is 26.7 Å². The Morgan fingerprint density at radius 2 is 1.75 bits per heavy atom. The first-order valence-electron chi connectivity index (χ1n) is 13.3. The van der Waals surface area contributed by atoms with Gasteiger partial charge in [-0.2, -0.15) is 4.31 Å². The van der Waals surface area contributed by atoms with Crippen molar-refractivity contribution in [1.82, 2.24) is 9.21 Å². The second kappa shape index (κ2) is 12.8. The van der Waals surface area contributed by atoms with E-state index in [2.05, 4.69) is 4.90 Å². The molecule has 0 radical (unpaired) electrons. The Morgan fingerprint density at radius 1 is 1.07 bits per heavy atom. The fourth-order valence-electron chi connectivity index (χ4n) is 4.76. The summed E-state index contributed by atoms with van der Waals surface area (Å²) in [6.07, 6.45) is 3.53. The number of carboxylic acid groups (broad SMARTS) is 1. The van der Waals surface area contributed by atoms with Crippen LogP contribution in [0.3, 0.4) is 0 Å². The van der Waals surface area contributed by atoms with Gasteiger partial charge in [0.25, 0.3) is 0 Å². The molecule has 2 N–H and O–H groups in total. The number of aliphatic hydroxyl groups is 1. The molecule has 0 fully saturated rings. The lowest BCUT2D eigenvalue weighted by Gasteiger charge is -2.37. The van der Waals surface area contributed by atoms with Crippen molar-refractivity contribution >= 4 is 28.1 Å². The van der Waals surface area contributed by atoms with Crippen LogP contribution in [-0.4, -0.2) is 72.7 Å². The van der Waals surface area contributed by atoms with E-state index >= 15 is 0 Å². The van der Waals surface area contributed by atoms with Gasteiger partial charge in [0.2, 0.25) is 10.0 Å². The summed E-state index contributed by atoms with van der Waals surface area (Å²) < 4.78 is 35.3. The highest BCUT2D eigenvalue weighted by atomic mass is 32.2. The molecule has 0 amide bonds. The average molecular weight is 565 g/mol. The molecule has 0 saturated carbocycles. The van der Waals surface area contributed by atoms with Gasteiger partial charge in [-0.05, 0) is 54.9 Å². The number of carbonyl (C=O) groups is 1. The molecule has 9 heteroatoms. The molecule has 1 aliphatic heterocycles. The van der Waals surface area contributed by atoms with E-state index in [1.807, 2.05) is 56.5 Å². The van der Waals surface area contributed by atoms with Crippen LogP contribution in [0.2, 0.25) is 0 Å². The zero-order valence-corrected chi connectivity index (χ0v) is 23.8. The van der Waals surface area contributed by atoms with E-state index in [1.54, 1.807) is 49.4 Å². The van der Waals surface area contributed by atoms with Gasteiger partial charge >= 0.3 is 5.97 Å². The Morgan fingerprint density at radius 3 is 2.40 bits per heavy atom. The molecule has 3 aromatic carbocycles. The number of hydrogen-bond donors (Lipinski definition) is 2. The minimum absolute atomic E-state index is 0.0773. The van der Waals surface area contributed by atoms with Crippen LogP contribution in [0.25, 0.3) is 12.2 Å². The van der Waals surface area contributed by atoms with Crippen LogP contribution in [0.4, 0.5) is 0 Å². The highest BCUT2D eigenvalue weighted by molar-refractivity contribution is 7.89. The van der Waals surface area contributed by atoms with Crippen molar-refractivity contribution in [1.29, 1.82) is 0 Å². The minimum atomic E-state index is -3.92. The number of rotatable bonds is 9. The zero-order chi connectivity index (χ0) is 28.9. The Hall–Kier alpha value is -3.50. The maximum Gasteiger partial charge on any atom is 0.335 e. The lowest BCUT2D eigenvalue weighted by Crippen LogP contribution is -2.49. The monoisotopic (exact) mass is 564 g/mol. The Bertz CT molecular complexity index is 1440. The summed E-state index contributed by atoms with van der Waals surface area (Å²) in [5.41, 5.74) is 3.02. The third-order valence-corrected chi connectivity index (χ3v) is 9.12. The summed E-state index contributed by atoms with van der Waals surface area (Å²) in [5.74, 6) is -0.872. The van der Waals surface area contributed by atoms with E-state index in [4.69, 9.17) is 9.84 Å². The lowest BCUT2D eigenvalue weighted by atomic mass is 10.0. The van der Waals surface area contributed by atoms with Gasteiger partial charge < -0.3 is 14.9 Å². The van der Waals surface area contributed by atoms with Gasteiger partial charge in [0.05, 0.1) is 12.2 Å². The number of benzene rings is 3. The SMILES string of the molecule is C[C@H](CO)N1C[C@H](C)[C@@H](CN(C)Cc2ccc(C(=O)O)cc2)Oc2cc(/C=C/c3ccccc3)ccc2S1(=O)=O. The van der Waals surface area contributed by atoms with Crippen LogP contribution in [0.15, 0.2) is 77.7 Å². The number of fused-ring (bicyclic) bond motifs is 1. The Balaban J connectivity index is 1.64. The van der Waals surface area contributed by atoms with E-state index in [9.17, 15) is 18.3 Å². The Labute approximate surface area is 236 Å². The van der Waals surface area contributed by atoms with Gasteiger partial charge in [0, 0.05) is 31.6 Å². The lowest BCUT2D eigenvalue weighted by molar-refractivity contribution is 0.0697. The van der Waals surface area contributed by atoms with Crippen molar-refractivity contribution in [2.45, 2.75) is 37.4 Å². The maximum absolute atomic E-state index is 13.7. The topological polar surface area (TPSA) is 107 Å². The van der Waals surface area contributed by atoms with Crippen LogP contribution in [0, 0.1) is 5.92 Å². The molecule has 8 nitrogen and oxygen atoms in total. The number of aliphatic hydroxyl groups excluding tert-OH is 1. The zero-order valence-electron chi connectivity index (χ0n) is 23.0. The van der Waals surface area contributed by atoms with Crippen molar-refractivity contribution < 1.29 is 28.2 Å². The van der Waals surface area contributed by atoms with Gasteiger partial charge in [-0.25, -0.2) is 13.2 Å². The number of nitrogens with zero attached hydrogens (tertiary/aromatic N) is 2. The van der Waals surface area contributed by atoms with Gasteiger partial charge in [0.1, 0.15) is 16.7 Å². The largest absolute Gasteiger partial charge is 0.487 e. The summed E-state index contributed by atoms with van der Waals surface area (Å²) in [5, 5.41) is 19.0. The maximum atomic E-state index is 13.7. The van der Waals surface area contributed by atoms with Crippen LogP contribution in [0.1, 0.15) is 40.9 Å². The van der Waals surface area contributed by atoms with Crippen molar-refractivity contribution in [2.24, 2.45) is 5.92 Å². The molecule has 1 aliphatic rings. The number of hydrogen-bond acceptors (Lipinski definition) is 6. The van der Waals surface area contributed by atoms with Gasteiger partial charge in [0.15, 0.2) is 0 Å². The third-order valence-electron chi connectivity index (χ3n) is 7.10. The van der Waals surface area contributed by atoms with E-state index in [1.165, 1.54) is 4.31 Å². The second-order valence-corrected chi connectivity index (χ2v) is 12.2. The molecule has 1 heterocycles. The molecule has 0 aliphatic carbocycles. The van der Waals surface area contributed by atoms with Gasteiger partial charge in [-0.3, -0.25) is 4.90 Å². The van der Waals surface area contributed by atoms with E-state index < -0.39 is 22.0 Å². The molecule has 0 aromatic heterocycles. The molecular weight excluding hydrogens is 528 g/mol. The standard InChI is InChI=1S/C31H36N2O6S/c1-22-18-33(23(2)21-34)40(37,38)30-16-13-25(10-9-24-7-5-4-6-8-24)17-28(30)39-29(22)20-32(3)19-26-11-14-27(15-12-26)31(35)36/h4-17,22-23,29,34H,18-21H2,1-3H3,(H,35,36)/b10-9+/t22-,23+,29+/m0/s1. The van der Waals surface area contributed by atoms with Crippen LogP contribution < -0.4 is 4.74 Å². The Kier molecular flexibility index (Phi) is 9.42. The summed E-state index contributed by atoms with van der Waals surface area (Å²) in [4.78, 5) is 13.3. The molecule has 0 bridgehead atoms. The molecule has 0 unspecified atom stereocenters. The third kappa shape index (κ3) is 6.98. The van der Waals surface area contributed by atoms with Crippen molar-refractivity contribution in [3.8, 4) is 5.75 Å². The number of ether oxygens (including phenoxy) is 1. The van der Waals surface area contributed by atoms with Crippen LogP contribution >= 0.6 is 0 Å². The quantitative estimate of drug-likeness (QED) is 0.370. The predicted molar refractivity (Wildman–Crippen MR) is 156 cm³/mol. The average Bonchev–Trinajstić information content (AvgIpc) is 2.94. The van der Waals surface area contributed by atoms with Crippen molar-refractivity contribution in [3.63, 3.8) is 0 Å². The summed E-state index contributed by atoms with van der Waals surface area (Å²) in [6, 6.07) is 21.1. The summed E-state index contributed by atoms with van der Waals surface area (Å²) in [6.45, 7) is 4.63. The molecule has 0 spiro atoms. The molecule has 3 aromatic rings. The number of aromatic carboxylic acids is 1. The molecule has 40 heavy (non-hydrogen) atoms. The van der Waals surface area contributed by atoms with Gasteiger partial charge in [-0.1, -0.05) is 67.6 Å². The summed E-state index contributed by atoms with van der Waals surface area (Å²) >= 11 is 0. The van der Waals surface area contributed by atoms with Crippen LogP contribution in [-0.2, 0) is 16.6 Å². The second-order valence-electron chi connectivity index (χ2n) is 10.4. The molecule has 212 valence electrons. The number of carboxylic acids is 1. The number of sulfonamides is 1. The predicted octanol–water partition coefficient (Wildman–Crippen LogP) is 4.46. The summed E-state index contributed by atoms with van der Waals surface area (Å²) in [7, 11) is -1.97. The van der Waals surface area contributed by atoms with Crippen molar-refractivity contribution in [3.05, 3.63) is 95.1 Å². The van der Waals surface area contributed by atoms with E-state index in [0.717, 1.165) is 16.7 Å². The van der Waals surface area contributed by atoms with E-state index in [-0.39, 0.29) is 41.4 Å². The first-order chi connectivity index (χ1) is 19.1. The first-order valence-corrected chi connectivity index (χ1v) is 14.7. The molecular formula is C31H36N2O6S. The highest BCUT2D eigenvalue weighted by Crippen LogP contribution is 2.34. The molecule has 3 atom stereocenters. The number of likely N-dealkylation sites (N-methyl/N-ethyl adjacent to an activating group) is 1. The smallest absolute Gasteiger partial charge is 0.335 e. The normalized spacial score (nSPS) is 19.9. The fourth-order valence-corrected chi connectivity index (χ4v) is 6.58. The fraction of sp³-hybridized carbons (Fsp3) is 0.323. The molecule has 0 saturated heterocycles. The minimum Gasteiger partial charge on any atom is -0.487 e. The first kappa shape index (κ1) is 29.5. The highest BCUT2D eigenvalue weighted by Gasteiger charge is 2.38. The molecule has 4 rings (SSSR count). The van der Waals surface area contributed by atoms with Crippen LogP contribution in [0.5, 0.6) is 5.75 Å².